The number of carbonyl (C=O) groups is 1. The Hall–Kier alpha value is -0.810. The monoisotopic (exact) mass is 272 g/mol. The van der Waals surface area contributed by atoms with Crippen molar-refractivity contribution in [3.63, 3.8) is 0 Å². The Morgan fingerprint density at radius 2 is 1.89 bits per heavy atom. The lowest BCUT2D eigenvalue weighted by molar-refractivity contribution is 0.0462. The highest BCUT2D eigenvalue weighted by Crippen LogP contribution is 2.21. The molecule has 5 heteroatoms. The minimum atomic E-state index is -0.447. The number of hydrogen-bond acceptors (Lipinski definition) is 4. The van der Waals surface area contributed by atoms with E-state index < -0.39 is 5.60 Å². The quantitative estimate of drug-likeness (QED) is 0.713. The van der Waals surface area contributed by atoms with Crippen molar-refractivity contribution in [2.45, 2.75) is 83.7 Å². The van der Waals surface area contributed by atoms with Gasteiger partial charge < -0.3 is 20.5 Å². The topological polar surface area (TPSA) is 70.6 Å². The molecule has 2 atom stereocenters. The van der Waals surface area contributed by atoms with E-state index in [0.717, 1.165) is 19.3 Å². The Balaban J connectivity index is 2.15. The molecular formula is C14H28N2O3. The maximum absolute atomic E-state index is 11.5. The first kappa shape index (κ1) is 16.2. The van der Waals surface area contributed by atoms with Crippen LogP contribution < -0.4 is 10.6 Å². The molecule has 0 aromatic heterocycles. The van der Waals surface area contributed by atoms with E-state index in [1.54, 1.807) is 6.92 Å². The van der Waals surface area contributed by atoms with Crippen LogP contribution in [0.15, 0.2) is 0 Å². The number of alkyl carbamates (subject to hydrolysis) is 1. The first-order valence-corrected chi connectivity index (χ1v) is 7.09. The van der Waals surface area contributed by atoms with Crippen LogP contribution in [0.4, 0.5) is 4.79 Å². The fourth-order valence-corrected chi connectivity index (χ4v) is 2.33. The second kappa shape index (κ2) is 6.57. The number of nitrogens with one attached hydrogen (secondary N) is 2. The number of aliphatic hydroxyl groups excluding tert-OH is 1. The number of rotatable bonds is 5. The fourth-order valence-electron chi connectivity index (χ4n) is 2.33. The summed E-state index contributed by atoms with van der Waals surface area (Å²) in [5.41, 5.74) is -0.447. The van der Waals surface area contributed by atoms with Crippen molar-refractivity contribution >= 4 is 6.09 Å². The maximum Gasteiger partial charge on any atom is 0.407 e. The van der Waals surface area contributed by atoms with Crippen molar-refractivity contribution in [1.29, 1.82) is 0 Å². The van der Waals surface area contributed by atoms with Crippen LogP contribution in [0, 0.1) is 0 Å². The van der Waals surface area contributed by atoms with Crippen molar-refractivity contribution in [2.24, 2.45) is 0 Å². The Labute approximate surface area is 116 Å². The van der Waals surface area contributed by atoms with E-state index >= 15 is 0 Å². The van der Waals surface area contributed by atoms with Crippen molar-refractivity contribution < 1.29 is 14.6 Å². The average Bonchev–Trinajstić information content (AvgIpc) is 2.09. The standard InChI is InChI=1S/C14H28N2O3/c1-9(6-10(2)17)15-11-7-12(8-11)16-13(18)19-14(3,4)5/h9-12,15,17H,6-8H2,1-5H3,(H,16,18). The molecular weight excluding hydrogens is 244 g/mol. The predicted octanol–water partition coefficient (Wildman–Crippen LogP) is 1.79. The minimum absolute atomic E-state index is 0.200. The van der Waals surface area contributed by atoms with Crippen LogP contribution in [0.25, 0.3) is 0 Å². The van der Waals surface area contributed by atoms with Gasteiger partial charge in [-0.1, -0.05) is 0 Å². The van der Waals surface area contributed by atoms with Crippen LogP contribution in [0.1, 0.15) is 53.9 Å². The van der Waals surface area contributed by atoms with Gasteiger partial charge in [0, 0.05) is 18.1 Å². The largest absolute Gasteiger partial charge is 0.444 e. The Kier molecular flexibility index (Phi) is 5.62. The molecule has 0 radical (unpaired) electrons. The van der Waals surface area contributed by atoms with Crippen LogP contribution in [-0.2, 0) is 4.74 Å². The molecule has 0 spiro atoms. The zero-order valence-corrected chi connectivity index (χ0v) is 12.7. The summed E-state index contributed by atoms with van der Waals surface area (Å²) in [7, 11) is 0. The minimum Gasteiger partial charge on any atom is -0.444 e. The van der Waals surface area contributed by atoms with Gasteiger partial charge in [-0.15, -0.1) is 0 Å². The van der Waals surface area contributed by atoms with E-state index in [1.165, 1.54) is 0 Å². The first-order chi connectivity index (χ1) is 8.65. The molecule has 0 heterocycles. The summed E-state index contributed by atoms with van der Waals surface area (Å²) in [4.78, 5) is 11.5. The number of aliphatic hydroxyl groups is 1. The molecule has 1 saturated carbocycles. The van der Waals surface area contributed by atoms with Gasteiger partial charge in [0.05, 0.1) is 6.10 Å². The Morgan fingerprint density at radius 3 is 2.37 bits per heavy atom. The van der Waals surface area contributed by atoms with E-state index in [4.69, 9.17) is 4.74 Å². The Morgan fingerprint density at radius 1 is 1.32 bits per heavy atom. The van der Waals surface area contributed by atoms with Gasteiger partial charge in [-0.3, -0.25) is 0 Å². The van der Waals surface area contributed by atoms with Gasteiger partial charge in [-0.2, -0.15) is 0 Å². The van der Waals surface area contributed by atoms with Crippen molar-refractivity contribution in [3.05, 3.63) is 0 Å². The third kappa shape index (κ3) is 6.78. The molecule has 1 amide bonds. The van der Waals surface area contributed by atoms with Gasteiger partial charge in [0.2, 0.25) is 0 Å². The highest BCUT2D eigenvalue weighted by atomic mass is 16.6. The summed E-state index contributed by atoms with van der Waals surface area (Å²) in [6.07, 6.45) is 1.97. The first-order valence-electron chi connectivity index (χ1n) is 7.09. The predicted molar refractivity (Wildman–Crippen MR) is 75.1 cm³/mol. The molecule has 1 aliphatic rings. The van der Waals surface area contributed by atoms with Gasteiger partial charge in [-0.05, 0) is 53.9 Å². The fraction of sp³-hybridized carbons (Fsp3) is 0.929. The molecule has 1 aliphatic carbocycles. The van der Waals surface area contributed by atoms with Crippen LogP contribution in [0.3, 0.4) is 0 Å². The van der Waals surface area contributed by atoms with Gasteiger partial charge in [-0.25, -0.2) is 4.79 Å². The van der Waals surface area contributed by atoms with E-state index in [-0.39, 0.29) is 18.2 Å². The second-order valence-electron chi connectivity index (χ2n) is 6.66. The summed E-state index contributed by atoms with van der Waals surface area (Å²) in [5.74, 6) is 0. The number of hydrogen-bond donors (Lipinski definition) is 3. The molecule has 5 nitrogen and oxygen atoms in total. The van der Waals surface area contributed by atoms with Crippen molar-refractivity contribution in [3.8, 4) is 0 Å². The lowest BCUT2D eigenvalue weighted by Gasteiger charge is -2.38. The van der Waals surface area contributed by atoms with E-state index in [1.807, 2.05) is 20.8 Å². The summed E-state index contributed by atoms with van der Waals surface area (Å²) < 4.78 is 5.21. The highest BCUT2D eigenvalue weighted by Gasteiger charge is 2.32. The highest BCUT2D eigenvalue weighted by molar-refractivity contribution is 5.68. The molecule has 2 unspecified atom stereocenters. The van der Waals surface area contributed by atoms with Crippen LogP contribution in [0.5, 0.6) is 0 Å². The summed E-state index contributed by atoms with van der Waals surface area (Å²) in [5, 5.41) is 15.6. The van der Waals surface area contributed by atoms with E-state index in [9.17, 15) is 9.90 Å². The number of ether oxygens (including phenoxy) is 1. The number of carbonyl (C=O) groups excluding carboxylic acids is 1. The second-order valence-corrected chi connectivity index (χ2v) is 6.66. The van der Waals surface area contributed by atoms with Gasteiger partial charge in [0.1, 0.15) is 5.60 Å². The summed E-state index contributed by atoms with van der Waals surface area (Å²) in [6, 6.07) is 0.923. The normalized spacial score (nSPS) is 26.2. The maximum atomic E-state index is 11.5. The molecule has 0 saturated heterocycles. The molecule has 1 fully saturated rings. The van der Waals surface area contributed by atoms with Gasteiger partial charge in [0.25, 0.3) is 0 Å². The van der Waals surface area contributed by atoms with Crippen molar-refractivity contribution in [1.82, 2.24) is 10.6 Å². The lowest BCUT2D eigenvalue weighted by Crippen LogP contribution is -2.55. The number of amides is 1. The zero-order chi connectivity index (χ0) is 14.6. The third-order valence-electron chi connectivity index (χ3n) is 3.07. The molecule has 3 N–H and O–H groups in total. The third-order valence-corrected chi connectivity index (χ3v) is 3.07. The SMILES string of the molecule is CC(O)CC(C)NC1CC(NC(=O)OC(C)(C)C)C1. The van der Waals surface area contributed by atoms with Gasteiger partial charge in [0.15, 0.2) is 0 Å². The molecule has 112 valence electrons. The zero-order valence-electron chi connectivity index (χ0n) is 12.7. The smallest absolute Gasteiger partial charge is 0.407 e. The molecule has 1 rings (SSSR count). The van der Waals surface area contributed by atoms with Crippen LogP contribution in [-0.4, -0.2) is 41.0 Å². The molecule has 0 aromatic carbocycles. The van der Waals surface area contributed by atoms with Crippen molar-refractivity contribution in [2.75, 3.05) is 0 Å². The summed E-state index contributed by atoms with van der Waals surface area (Å²) in [6.45, 7) is 9.44. The van der Waals surface area contributed by atoms with Gasteiger partial charge >= 0.3 is 6.09 Å². The molecule has 0 aliphatic heterocycles. The lowest BCUT2D eigenvalue weighted by atomic mass is 9.86. The average molecular weight is 272 g/mol. The van der Waals surface area contributed by atoms with Crippen LogP contribution in [0.2, 0.25) is 0 Å². The van der Waals surface area contributed by atoms with Crippen LogP contribution >= 0.6 is 0 Å². The molecule has 19 heavy (non-hydrogen) atoms. The Bertz CT molecular complexity index is 294. The van der Waals surface area contributed by atoms with E-state index in [2.05, 4.69) is 17.6 Å². The molecule has 0 aromatic rings. The van der Waals surface area contributed by atoms with E-state index in [0.29, 0.717) is 12.1 Å². The molecule has 0 bridgehead atoms. The summed E-state index contributed by atoms with van der Waals surface area (Å²) >= 11 is 0.